The van der Waals surface area contributed by atoms with Crippen molar-refractivity contribution in [3.8, 4) is 0 Å². The van der Waals surface area contributed by atoms with Crippen molar-refractivity contribution >= 4 is 17.4 Å². The molecule has 1 saturated heterocycles. The van der Waals surface area contributed by atoms with Gasteiger partial charge in [-0.2, -0.15) is 0 Å². The van der Waals surface area contributed by atoms with Crippen molar-refractivity contribution in [2.45, 2.75) is 25.0 Å². The third kappa shape index (κ3) is 4.47. The lowest BCUT2D eigenvalue weighted by Crippen LogP contribution is -2.42. The van der Waals surface area contributed by atoms with Gasteiger partial charge in [0.1, 0.15) is 0 Å². The van der Waals surface area contributed by atoms with Gasteiger partial charge in [-0.05, 0) is 38.4 Å². The predicted molar refractivity (Wildman–Crippen MR) is 81.1 cm³/mol. The fourth-order valence-corrected chi connectivity index (χ4v) is 3.20. The van der Waals surface area contributed by atoms with Gasteiger partial charge < -0.3 is 20.3 Å². The maximum Gasteiger partial charge on any atom is 0.314 e. The van der Waals surface area contributed by atoms with E-state index in [2.05, 4.69) is 27.0 Å². The zero-order valence-corrected chi connectivity index (χ0v) is 12.9. The highest BCUT2D eigenvalue weighted by Crippen LogP contribution is 2.22. The third-order valence-corrected chi connectivity index (χ3v) is 4.44. The van der Waals surface area contributed by atoms with E-state index in [1.807, 2.05) is 20.2 Å². The van der Waals surface area contributed by atoms with Crippen molar-refractivity contribution in [2.24, 2.45) is 0 Å². The minimum atomic E-state index is -0.121. The van der Waals surface area contributed by atoms with Gasteiger partial charge in [0.05, 0.1) is 12.1 Å². The Kier molecular flexibility index (Phi) is 5.82. The van der Waals surface area contributed by atoms with Crippen molar-refractivity contribution in [3.05, 3.63) is 22.4 Å². The Labute approximate surface area is 124 Å². The molecular formula is C14H23N3O2S. The summed E-state index contributed by atoms with van der Waals surface area (Å²) in [4.78, 5) is 15.2. The highest BCUT2D eigenvalue weighted by Gasteiger charge is 2.18. The van der Waals surface area contributed by atoms with Gasteiger partial charge in [0.15, 0.2) is 0 Å². The van der Waals surface area contributed by atoms with Gasteiger partial charge in [0.25, 0.3) is 0 Å². The lowest BCUT2D eigenvalue weighted by atomic mass is 10.2. The number of carbonyl (C=O) groups excluding carboxylic acids is 1. The molecule has 0 aliphatic carbocycles. The van der Waals surface area contributed by atoms with E-state index >= 15 is 0 Å². The summed E-state index contributed by atoms with van der Waals surface area (Å²) < 4.78 is 5.48. The van der Waals surface area contributed by atoms with E-state index in [1.165, 1.54) is 4.88 Å². The first-order chi connectivity index (χ1) is 9.66. The Morgan fingerprint density at radius 1 is 1.55 bits per heavy atom. The lowest BCUT2D eigenvalue weighted by Gasteiger charge is -2.23. The molecule has 1 aromatic rings. The molecule has 1 aliphatic heterocycles. The van der Waals surface area contributed by atoms with Gasteiger partial charge in [0.2, 0.25) is 0 Å². The molecule has 2 amide bonds. The third-order valence-electron chi connectivity index (χ3n) is 3.47. The summed E-state index contributed by atoms with van der Waals surface area (Å²) in [5, 5.41) is 7.87. The quantitative estimate of drug-likeness (QED) is 0.842. The van der Waals surface area contributed by atoms with Crippen LogP contribution in [0.15, 0.2) is 17.5 Å². The number of likely N-dealkylation sites (N-methyl/N-ethyl adjacent to an activating group) is 1. The Bertz CT molecular complexity index is 403. The normalized spacial score (nSPS) is 20.1. The van der Waals surface area contributed by atoms with Crippen LogP contribution in [-0.4, -0.2) is 50.8 Å². The average molecular weight is 297 g/mol. The molecule has 2 heterocycles. The fourth-order valence-electron chi connectivity index (χ4n) is 2.28. The molecule has 0 radical (unpaired) electrons. The van der Waals surface area contributed by atoms with Crippen LogP contribution in [0.25, 0.3) is 0 Å². The zero-order chi connectivity index (χ0) is 14.4. The number of carbonyl (C=O) groups is 1. The van der Waals surface area contributed by atoms with Crippen molar-refractivity contribution < 1.29 is 9.53 Å². The van der Waals surface area contributed by atoms with Gasteiger partial charge in [-0.1, -0.05) is 6.07 Å². The van der Waals surface area contributed by atoms with Gasteiger partial charge in [0, 0.05) is 24.6 Å². The van der Waals surface area contributed by atoms with Crippen LogP contribution < -0.4 is 10.6 Å². The molecule has 0 bridgehead atoms. The first-order valence-electron chi connectivity index (χ1n) is 7.00. The van der Waals surface area contributed by atoms with E-state index in [0.717, 1.165) is 19.4 Å². The van der Waals surface area contributed by atoms with E-state index in [0.29, 0.717) is 13.1 Å². The number of nitrogens with one attached hydrogen (secondary N) is 2. The first kappa shape index (κ1) is 15.3. The molecule has 112 valence electrons. The van der Waals surface area contributed by atoms with E-state index < -0.39 is 0 Å². The number of rotatable bonds is 6. The van der Waals surface area contributed by atoms with Crippen LogP contribution in [-0.2, 0) is 4.74 Å². The standard InChI is InChI=1S/C14H23N3O2S/c1-17(2)12(13-6-4-8-20-13)10-16-14(18)15-9-11-5-3-7-19-11/h4,6,8,11-12H,3,5,7,9-10H2,1-2H3,(H2,15,16,18)/t11-,12+/m1/s1. The van der Waals surface area contributed by atoms with E-state index in [9.17, 15) is 4.79 Å². The largest absolute Gasteiger partial charge is 0.376 e. The van der Waals surface area contributed by atoms with Crippen molar-refractivity contribution in [2.75, 3.05) is 33.8 Å². The van der Waals surface area contributed by atoms with Gasteiger partial charge in [-0.15, -0.1) is 11.3 Å². The monoisotopic (exact) mass is 297 g/mol. The van der Waals surface area contributed by atoms with Crippen LogP contribution in [0.1, 0.15) is 23.8 Å². The number of thiophene rings is 1. The SMILES string of the molecule is CN(C)[C@@H](CNC(=O)NC[C@H]1CCCO1)c1cccs1. The number of hydrogen-bond donors (Lipinski definition) is 2. The van der Waals surface area contributed by atoms with E-state index in [-0.39, 0.29) is 18.2 Å². The topological polar surface area (TPSA) is 53.6 Å². The molecular weight excluding hydrogens is 274 g/mol. The second-order valence-electron chi connectivity index (χ2n) is 5.22. The molecule has 1 fully saturated rings. The molecule has 6 heteroatoms. The molecule has 0 aromatic carbocycles. The summed E-state index contributed by atoms with van der Waals surface area (Å²) in [6.45, 7) is 2.01. The summed E-state index contributed by atoms with van der Waals surface area (Å²) in [5.41, 5.74) is 0. The molecule has 2 atom stereocenters. The smallest absolute Gasteiger partial charge is 0.314 e. The van der Waals surface area contributed by atoms with Crippen molar-refractivity contribution in [1.82, 2.24) is 15.5 Å². The molecule has 0 unspecified atom stereocenters. The van der Waals surface area contributed by atoms with Crippen LogP contribution in [0.2, 0.25) is 0 Å². The second kappa shape index (κ2) is 7.61. The van der Waals surface area contributed by atoms with Crippen molar-refractivity contribution in [1.29, 1.82) is 0 Å². The minimum Gasteiger partial charge on any atom is -0.376 e. The molecule has 20 heavy (non-hydrogen) atoms. The highest BCUT2D eigenvalue weighted by molar-refractivity contribution is 7.10. The number of ether oxygens (including phenoxy) is 1. The van der Waals surface area contributed by atoms with Gasteiger partial charge >= 0.3 is 6.03 Å². The minimum absolute atomic E-state index is 0.121. The number of nitrogens with zero attached hydrogens (tertiary/aromatic N) is 1. The van der Waals surface area contributed by atoms with Crippen molar-refractivity contribution in [3.63, 3.8) is 0 Å². The average Bonchev–Trinajstić information content (AvgIpc) is 3.09. The number of urea groups is 1. The Morgan fingerprint density at radius 3 is 3.00 bits per heavy atom. The zero-order valence-electron chi connectivity index (χ0n) is 12.1. The van der Waals surface area contributed by atoms with Crippen LogP contribution in [0, 0.1) is 0 Å². The maximum absolute atomic E-state index is 11.8. The molecule has 2 N–H and O–H groups in total. The predicted octanol–water partition coefficient (Wildman–Crippen LogP) is 1.83. The number of amides is 2. The molecule has 5 nitrogen and oxygen atoms in total. The van der Waals surface area contributed by atoms with Crippen LogP contribution >= 0.6 is 11.3 Å². The van der Waals surface area contributed by atoms with E-state index in [1.54, 1.807) is 11.3 Å². The molecule has 0 saturated carbocycles. The molecule has 0 spiro atoms. The molecule has 1 aliphatic rings. The molecule has 1 aromatic heterocycles. The highest BCUT2D eigenvalue weighted by atomic mass is 32.1. The number of hydrogen-bond acceptors (Lipinski definition) is 4. The van der Waals surface area contributed by atoms with E-state index in [4.69, 9.17) is 4.74 Å². The summed E-state index contributed by atoms with van der Waals surface area (Å²) in [7, 11) is 4.05. The van der Waals surface area contributed by atoms with Crippen LogP contribution in [0.4, 0.5) is 4.79 Å². The van der Waals surface area contributed by atoms with Gasteiger partial charge in [-0.3, -0.25) is 0 Å². The first-order valence-corrected chi connectivity index (χ1v) is 7.88. The van der Waals surface area contributed by atoms with Gasteiger partial charge in [-0.25, -0.2) is 4.79 Å². The summed E-state index contributed by atoms with van der Waals surface area (Å²) in [6.07, 6.45) is 2.31. The Hall–Kier alpha value is -1.11. The maximum atomic E-state index is 11.8. The fraction of sp³-hybridized carbons (Fsp3) is 0.643. The Morgan fingerprint density at radius 2 is 2.40 bits per heavy atom. The van der Waals surface area contributed by atoms with Crippen LogP contribution in [0.3, 0.4) is 0 Å². The lowest BCUT2D eigenvalue weighted by molar-refractivity contribution is 0.111. The summed E-state index contributed by atoms with van der Waals surface area (Å²) in [6, 6.07) is 4.22. The summed E-state index contributed by atoms with van der Waals surface area (Å²) >= 11 is 1.71. The second-order valence-corrected chi connectivity index (χ2v) is 6.20. The molecule has 2 rings (SSSR count). The Balaban J connectivity index is 1.73. The summed E-state index contributed by atoms with van der Waals surface area (Å²) in [5.74, 6) is 0. The van der Waals surface area contributed by atoms with Crippen LogP contribution in [0.5, 0.6) is 0 Å².